The van der Waals surface area contributed by atoms with Crippen molar-refractivity contribution >= 4 is 11.9 Å². The molecule has 0 heterocycles. The lowest BCUT2D eigenvalue weighted by atomic mass is 9.93. The maximum atomic E-state index is 13.1. The van der Waals surface area contributed by atoms with Gasteiger partial charge in [-0.3, -0.25) is 9.59 Å². The zero-order valence-electron chi connectivity index (χ0n) is 10.1. The van der Waals surface area contributed by atoms with E-state index in [0.29, 0.717) is 12.1 Å². The van der Waals surface area contributed by atoms with Crippen LogP contribution in [0.5, 0.6) is 0 Å². The Balaban J connectivity index is 2.88. The van der Waals surface area contributed by atoms with Crippen molar-refractivity contribution in [2.45, 2.75) is 25.7 Å². The first kappa shape index (κ1) is 14.2. The van der Waals surface area contributed by atoms with E-state index in [1.54, 1.807) is 13.0 Å². The lowest BCUT2D eigenvalue weighted by Crippen LogP contribution is -2.29. The monoisotopic (exact) mass is 253 g/mol. The molecule has 5 heteroatoms. The minimum Gasteiger partial charge on any atom is -0.481 e. The summed E-state index contributed by atoms with van der Waals surface area (Å²) in [6, 6.07) is 5.69. The summed E-state index contributed by atoms with van der Waals surface area (Å²) in [7, 11) is 0. The molecular weight excluding hydrogens is 237 g/mol. The highest BCUT2D eigenvalue weighted by molar-refractivity contribution is 5.84. The molecule has 0 aliphatic rings. The van der Waals surface area contributed by atoms with Crippen LogP contribution in [-0.2, 0) is 9.59 Å². The van der Waals surface area contributed by atoms with Crippen molar-refractivity contribution in [3.8, 4) is 0 Å². The molecule has 1 amide bonds. The van der Waals surface area contributed by atoms with Crippen LogP contribution in [0.1, 0.15) is 31.2 Å². The van der Waals surface area contributed by atoms with Crippen molar-refractivity contribution in [3.63, 3.8) is 0 Å². The number of aliphatic carboxylic acids is 1. The van der Waals surface area contributed by atoms with Crippen molar-refractivity contribution < 1.29 is 19.1 Å². The van der Waals surface area contributed by atoms with E-state index in [4.69, 9.17) is 5.11 Å². The van der Waals surface area contributed by atoms with Gasteiger partial charge >= 0.3 is 5.97 Å². The molecule has 0 spiro atoms. The highest BCUT2D eigenvalue weighted by Gasteiger charge is 2.21. The molecule has 0 aliphatic heterocycles. The van der Waals surface area contributed by atoms with E-state index in [9.17, 15) is 14.0 Å². The molecule has 0 radical (unpaired) electrons. The second-order valence-corrected chi connectivity index (χ2v) is 3.93. The number of nitrogens with one attached hydrogen (secondary N) is 1. The van der Waals surface area contributed by atoms with Crippen molar-refractivity contribution in [2.24, 2.45) is 0 Å². The van der Waals surface area contributed by atoms with Gasteiger partial charge in [-0.05, 0) is 31.0 Å². The summed E-state index contributed by atoms with van der Waals surface area (Å²) < 4.78 is 13.1. The highest BCUT2D eigenvalue weighted by Crippen LogP contribution is 2.22. The number of carboxylic acids is 1. The zero-order chi connectivity index (χ0) is 13.5. The van der Waals surface area contributed by atoms with Gasteiger partial charge in [-0.25, -0.2) is 4.39 Å². The first-order valence-electron chi connectivity index (χ1n) is 5.79. The third kappa shape index (κ3) is 4.16. The normalized spacial score (nSPS) is 11.9. The molecule has 0 bridgehead atoms. The van der Waals surface area contributed by atoms with Gasteiger partial charge < -0.3 is 10.4 Å². The maximum Gasteiger partial charge on any atom is 0.303 e. The fourth-order valence-corrected chi connectivity index (χ4v) is 1.74. The van der Waals surface area contributed by atoms with Crippen LogP contribution < -0.4 is 5.32 Å². The molecule has 0 fully saturated rings. The van der Waals surface area contributed by atoms with Crippen molar-refractivity contribution in [3.05, 3.63) is 35.6 Å². The summed E-state index contributed by atoms with van der Waals surface area (Å²) in [6.07, 6.45) is 0.0307. The fourth-order valence-electron chi connectivity index (χ4n) is 1.74. The molecule has 1 aromatic rings. The zero-order valence-corrected chi connectivity index (χ0v) is 10.1. The number of carboxylic acid groups (broad SMARTS) is 1. The molecule has 1 aromatic carbocycles. The largest absolute Gasteiger partial charge is 0.481 e. The second-order valence-electron chi connectivity index (χ2n) is 3.93. The summed E-state index contributed by atoms with van der Waals surface area (Å²) in [5.41, 5.74) is 0.502. The van der Waals surface area contributed by atoms with Crippen LogP contribution >= 0.6 is 0 Å². The van der Waals surface area contributed by atoms with Crippen molar-refractivity contribution in [1.29, 1.82) is 0 Å². The van der Waals surface area contributed by atoms with Crippen LogP contribution in [0.25, 0.3) is 0 Å². The Kier molecular flexibility index (Phi) is 5.30. The van der Waals surface area contributed by atoms with E-state index in [-0.39, 0.29) is 18.7 Å². The number of rotatable bonds is 6. The average molecular weight is 253 g/mol. The Morgan fingerprint density at radius 2 is 2.17 bits per heavy atom. The number of carbonyl (C=O) groups excluding carboxylic acids is 1. The summed E-state index contributed by atoms with van der Waals surface area (Å²) in [4.78, 5) is 22.4. The van der Waals surface area contributed by atoms with Gasteiger partial charge in [0, 0.05) is 13.0 Å². The minimum absolute atomic E-state index is 0.127. The molecule has 1 rings (SSSR count). The predicted molar refractivity (Wildman–Crippen MR) is 64.7 cm³/mol. The van der Waals surface area contributed by atoms with Gasteiger partial charge in [0.05, 0.1) is 5.92 Å². The van der Waals surface area contributed by atoms with E-state index < -0.39 is 17.7 Å². The van der Waals surface area contributed by atoms with Crippen LogP contribution in [0.2, 0.25) is 0 Å². The Morgan fingerprint density at radius 3 is 2.72 bits per heavy atom. The summed E-state index contributed by atoms with van der Waals surface area (Å²) in [5.74, 6) is -2.31. The molecule has 0 saturated heterocycles. The molecule has 0 aliphatic carbocycles. The van der Waals surface area contributed by atoms with Crippen LogP contribution in [0, 0.1) is 5.82 Å². The van der Waals surface area contributed by atoms with Gasteiger partial charge in [0.15, 0.2) is 0 Å². The predicted octanol–water partition coefficient (Wildman–Crippen LogP) is 1.91. The number of halogens is 1. The smallest absolute Gasteiger partial charge is 0.303 e. The van der Waals surface area contributed by atoms with E-state index >= 15 is 0 Å². The lowest BCUT2D eigenvalue weighted by molar-refractivity contribution is -0.137. The SMILES string of the molecule is CCNC(=O)C(CCC(=O)O)c1cccc(F)c1. The third-order valence-electron chi connectivity index (χ3n) is 2.57. The third-order valence-corrected chi connectivity index (χ3v) is 2.57. The maximum absolute atomic E-state index is 13.1. The molecular formula is C13H16FNO3. The first-order valence-corrected chi connectivity index (χ1v) is 5.79. The number of benzene rings is 1. The summed E-state index contributed by atoms with van der Waals surface area (Å²) >= 11 is 0. The van der Waals surface area contributed by atoms with Crippen LogP contribution in [0.3, 0.4) is 0 Å². The van der Waals surface area contributed by atoms with E-state index in [0.717, 1.165) is 0 Å². The summed E-state index contributed by atoms with van der Waals surface area (Å²) in [5, 5.41) is 11.3. The average Bonchev–Trinajstić information content (AvgIpc) is 2.29. The minimum atomic E-state index is -0.972. The molecule has 2 N–H and O–H groups in total. The Bertz CT molecular complexity index is 434. The number of carbonyl (C=O) groups is 2. The lowest BCUT2D eigenvalue weighted by Gasteiger charge is -2.15. The molecule has 4 nitrogen and oxygen atoms in total. The molecule has 1 unspecified atom stereocenters. The van der Waals surface area contributed by atoms with Gasteiger partial charge in [0.1, 0.15) is 5.82 Å². The van der Waals surface area contributed by atoms with E-state index in [1.807, 2.05) is 0 Å². The molecule has 1 atom stereocenters. The van der Waals surface area contributed by atoms with Crippen LogP contribution in [0.4, 0.5) is 4.39 Å². The number of likely N-dealkylation sites (N-methyl/N-ethyl adjacent to an activating group) is 1. The molecule has 0 aromatic heterocycles. The number of hydrogen-bond donors (Lipinski definition) is 2. The van der Waals surface area contributed by atoms with Crippen LogP contribution in [-0.4, -0.2) is 23.5 Å². The molecule has 0 saturated carbocycles. The second kappa shape index (κ2) is 6.74. The van der Waals surface area contributed by atoms with Gasteiger partial charge in [-0.2, -0.15) is 0 Å². The first-order chi connectivity index (χ1) is 8.54. The van der Waals surface area contributed by atoms with Gasteiger partial charge in [-0.1, -0.05) is 12.1 Å². The Morgan fingerprint density at radius 1 is 1.44 bits per heavy atom. The summed E-state index contributed by atoms with van der Waals surface area (Å²) in [6.45, 7) is 2.23. The quantitative estimate of drug-likeness (QED) is 0.813. The number of amides is 1. The topological polar surface area (TPSA) is 66.4 Å². The van der Waals surface area contributed by atoms with Crippen LogP contribution in [0.15, 0.2) is 24.3 Å². The number of hydrogen-bond acceptors (Lipinski definition) is 2. The van der Waals surface area contributed by atoms with E-state index in [2.05, 4.69) is 5.32 Å². The molecule has 98 valence electrons. The van der Waals surface area contributed by atoms with Crippen molar-refractivity contribution in [1.82, 2.24) is 5.32 Å². The van der Waals surface area contributed by atoms with Gasteiger partial charge in [0.2, 0.25) is 5.91 Å². The molecule has 18 heavy (non-hydrogen) atoms. The highest BCUT2D eigenvalue weighted by atomic mass is 19.1. The fraction of sp³-hybridized carbons (Fsp3) is 0.385. The van der Waals surface area contributed by atoms with Crippen molar-refractivity contribution in [2.75, 3.05) is 6.54 Å². The van der Waals surface area contributed by atoms with Gasteiger partial charge in [-0.15, -0.1) is 0 Å². The van der Waals surface area contributed by atoms with E-state index in [1.165, 1.54) is 18.2 Å². The standard InChI is InChI=1S/C13H16FNO3/c1-2-15-13(18)11(6-7-12(16)17)9-4-3-5-10(14)8-9/h3-5,8,11H,2,6-7H2,1H3,(H,15,18)(H,16,17). The Labute approximate surface area is 105 Å². The Hall–Kier alpha value is -1.91. The van der Waals surface area contributed by atoms with Gasteiger partial charge in [0.25, 0.3) is 0 Å².